The number of rotatable bonds is 7. The number of nitro groups is 1. The molecule has 0 fully saturated rings. The third-order valence-corrected chi connectivity index (χ3v) is 5.91. The van der Waals surface area contributed by atoms with Crippen LogP contribution in [-0.4, -0.2) is 31.5 Å². The first kappa shape index (κ1) is 20.9. The largest absolute Gasteiger partial charge is 0.322 e. The van der Waals surface area contributed by atoms with Crippen LogP contribution in [0.2, 0.25) is 0 Å². The molecule has 2 rings (SSSR count). The van der Waals surface area contributed by atoms with Gasteiger partial charge >= 0.3 is 0 Å². The minimum Gasteiger partial charge on any atom is -0.322 e. The van der Waals surface area contributed by atoms with E-state index in [0.717, 1.165) is 0 Å². The molecule has 0 spiro atoms. The van der Waals surface area contributed by atoms with E-state index in [1.165, 1.54) is 54.2 Å². The average molecular weight is 409 g/mol. The Kier molecular flexibility index (Phi) is 6.58. The van der Waals surface area contributed by atoms with Crippen LogP contribution in [0.15, 0.2) is 52.3 Å². The maximum absolute atomic E-state index is 12.3. The molecule has 0 saturated heterocycles. The van der Waals surface area contributed by atoms with Gasteiger partial charge in [0.25, 0.3) is 11.6 Å². The van der Waals surface area contributed by atoms with Crippen molar-refractivity contribution < 1.29 is 18.1 Å². The molecule has 0 aliphatic heterocycles. The van der Waals surface area contributed by atoms with E-state index < -0.39 is 20.9 Å². The van der Waals surface area contributed by atoms with Crippen molar-refractivity contribution in [3.05, 3.63) is 58.1 Å². The van der Waals surface area contributed by atoms with Crippen LogP contribution < -0.4 is 10.0 Å². The van der Waals surface area contributed by atoms with Crippen LogP contribution >= 0.6 is 11.8 Å². The summed E-state index contributed by atoms with van der Waals surface area (Å²) in [6.07, 6.45) is 1.71. The lowest BCUT2D eigenvalue weighted by atomic mass is 10.2. The van der Waals surface area contributed by atoms with Crippen LogP contribution in [0.4, 0.5) is 11.4 Å². The normalized spacial score (nSPS) is 11.4. The Bertz CT molecular complexity index is 957. The summed E-state index contributed by atoms with van der Waals surface area (Å²) in [5.41, 5.74) is 0.370. The van der Waals surface area contributed by atoms with Crippen molar-refractivity contribution >= 4 is 39.1 Å². The van der Waals surface area contributed by atoms with Gasteiger partial charge in [0.2, 0.25) is 10.0 Å². The first-order chi connectivity index (χ1) is 12.6. The summed E-state index contributed by atoms with van der Waals surface area (Å²) in [6, 6.07) is 9.65. The second kappa shape index (κ2) is 8.51. The summed E-state index contributed by atoms with van der Waals surface area (Å²) in [4.78, 5) is 23.5. The predicted molar refractivity (Wildman–Crippen MR) is 105 cm³/mol. The molecule has 0 aliphatic carbocycles. The first-order valence-corrected chi connectivity index (χ1v) is 10.6. The van der Waals surface area contributed by atoms with E-state index in [1.54, 1.807) is 20.1 Å². The summed E-state index contributed by atoms with van der Waals surface area (Å²) < 4.78 is 26.7. The zero-order chi connectivity index (χ0) is 20.2. The molecule has 0 aromatic heterocycles. The van der Waals surface area contributed by atoms with E-state index in [0.29, 0.717) is 10.6 Å². The SMILES string of the molecule is CSc1ccc(C(=O)Nc2ccc(S(=O)(=O)NC(C)C)cc2)cc1[N+](=O)[O-]. The number of thioether (sulfide) groups is 1. The van der Waals surface area contributed by atoms with Gasteiger partial charge in [-0.25, -0.2) is 13.1 Å². The van der Waals surface area contributed by atoms with Crippen LogP contribution in [-0.2, 0) is 10.0 Å². The van der Waals surface area contributed by atoms with Gasteiger partial charge in [-0.2, -0.15) is 0 Å². The second-order valence-electron chi connectivity index (χ2n) is 5.90. The van der Waals surface area contributed by atoms with E-state index in [4.69, 9.17) is 0 Å². The minimum atomic E-state index is -3.62. The Morgan fingerprint density at radius 2 is 1.78 bits per heavy atom. The van der Waals surface area contributed by atoms with E-state index >= 15 is 0 Å². The fourth-order valence-corrected chi connectivity index (χ4v) is 4.07. The molecule has 0 aliphatic rings. The van der Waals surface area contributed by atoms with Crippen LogP contribution in [0.5, 0.6) is 0 Å². The zero-order valence-corrected chi connectivity index (χ0v) is 16.6. The van der Waals surface area contributed by atoms with Gasteiger partial charge < -0.3 is 5.32 Å². The van der Waals surface area contributed by atoms with Gasteiger partial charge in [-0.1, -0.05) is 0 Å². The number of hydrogen-bond acceptors (Lipinski definition) is 6. The predicted octanol–water partition coefficient (Wildman–Crippen LogP) is 3.26. The summed E-state index contributed by atoms with van der Waals surface area (Å²) >= 11 is 1.22. The maximum atomic E-state index is 12.3. The van der Waals surface area contributed by atoms with Gasteiger partial charge in [0, 0.05) is 23.4 Å². The Morgan fingerprint density at radius 3 is 2.30 bits per heavy atom. The number of amides is 1. The van der Waals surface area contributed by atoms with Gasteiger partial charge in [-0.05, 0) is 56.5 Å². The molecule has 0 radical (unpaired) electrons. The van der Waals surface area contributed by atoms with Gasteiger partial charge in [0.15, 0.2) is 0 Å². The summed E-state index contributed by atoms with van der Waals surface area (Å²) in [7, 11) is -3.62. The highest BCUT2D eigenvalue weighted by Crippen LogP contribution is 2.28. The van der Waals surface area contributed by atoms with Crippen molar-refractivity contribution in [1.29, 1.82) is 0 Å². The monoisotopic (exact) mass is 409 g/mol. The molecular formula is C17H19N3O5S2. The smallest absolute Gasteiger partial charge is 0.283 e. The van der Waals surface area contributed by atoms with Gasteiger partial charge in [0.05, 0.1) is 14.7 Å². The van der Waals surface area contributed by atoms with Crippen molar-refractivity contribution in [2.75, 3.05) is 11.6 Å². The Morgan fingerprint density at radius 1 is 1.15 bits per heavy atom. The quantitative estimate of drug-likeness (QED) is 0.412. The highest BCUT2D eigenvalue weighted by Gasteiger charge is 2.18. The van der Waals surface area contributed by atoms with Crippen molar-refractivity contribution in [2.45, 2.75) is 29.7 Å². The fraction of sp³-hybridized carbons (Fsp3) is 0.235. The molecule has 2 aromatic carbocycles. The number of carbonyl (C=O) groups is 1. The van der Waals surface area contributed by atoms with E-state index in [1.807, 2.05) is 0 Å². The van der Waals surface area contributed by atoms with Crippen LogP contribution in [0.25, 0.3) is 0 Å². The van der Waals surface area contributed by atoms with Gasteiger partial charge in [-0.15, -0.1) is 11.8 Å². The van der Waals surface area contributed by atoms with Crippen LogP contribution in [0.1, 0.15) is 24.2 Å². The Balaban J connectivity index is 2.19. The molecule has 27 heavy (non-hydrogen) atoms. The van der Waals surface area contributed by atoms with Crippen LogP contribution in [0, 0.1) is 10.1 Å². The first-order valence-electron chi connectivity index (χ1n) is 7.90. The third-order valence-electron chi connectivity index (χ3n) is 3.45. The Labute approximate surface area is 161 Å². The van der Waals surface area contributed by atoms with Crippen molar-refractivity contribution in [2.24, 2.45) is 0 Å². The zero-order valence-electron chi connectivity index (χ0n) is 14.9. The molecule has 144 valence electrons. The molecule has 0 atom stereocenters. The number of nitrogens with zero attached hydrogens (tertiary/aromatic N) is 1. The number of nitro benzene ring substituents is 1. The highest BCUT2D eigenvalue weighted by atomic mass is 32.2. The van der Waals surface area contributed by atoms with E-state index in [-0.39, 0.29) is 22.2 Å². The molecule has 8 nitrogen and oxygen atoms in total. The molecule has 0 unspecified atom stereocenters. The van der Waals surface area contributed by atoms with Crippen molar-refractivity contribution in [3.8, 4) is 0 Å². The van der Waals surface area contributed by atoms with Crippen LogP contribution in [0.3, 0.4) is 0 Å². The third kappa shape index (κ3) is 5.28. The molecule has 0 bridgehead atoms. The lowest BCUT2D eigenvalue weighted by Crippen LogP contribution is -2.30. The van der Waals surface area contributed by atoms with E-state index in [9.17, 15) is 23.3 Å². The summed E-state index contributed by atoms with van der Waals surface area (Å²) in [5.74, 6) is -0.526. The van der Waals surface area contributed by atoms with E-state index in [2.05, 4.69) is 10.0 Å². The lowest BCUT2D eigenvalue weighted by molar-refractivity contribution is -0.387. The number of sulfonamides is 1. The minimum absolute atomic E-state index is 0.0779. The summed E-state index contributed by atoms with van der Waals surface area (Å²) in [5, 5.41) is 13.7. The molecule has 0 heterocycles. The molecule has 10 heteroatoms. The van der Waals surface area contributed by atoms with Gasteiger partial charge in [-0.3, -0.25) is 14.9 Å². The summed E-state index contributed by atoms with van der Waals surface area (Å²) in [6.45, 7) is 3.43. The number of anilines is 1. The van der Waals surface area contributed by atoms with Crippen molar-refractivity contribution in [1.82, 2.24) is 4.72 Å². The average Bonchev–Trinajstić information content (AvgIpc) is 2.60. The molecule has 1 amide bonds. The Hall–Kier alpha value is -2.43. The number of benzene rings is 2. The molecule has 2 N–H and O–H groups in total. The second-order valence-corrected chi connectivity index (χ2v) is 8.46. The number of hydrogen-bond donors (Lipinski definition) is 2. The fourth-order valence-electron chi connectivity index (χ4n) is 2.27. The topological polar surface area (TPSA) is 118 Å². The lowest BCUT2D eigenvalue weighted by Gasteiger charge is -2.10. The van der Waals surface area contributed by atoms with Crippen molar-refractivity contribution in [3.63, 3.8) is 0 Å². The standard InChI is InChI=1S/C17H19N3O5S2/c1-11(2)19-27(24,25)14-7-5-13(6-8-14)18-17(21)12-4-9-16(26-3)15(10-12)20(22)23/h4-11,19H,1-3H3,(H,18,21). The highest BCUT2D eigenvalue weighted by molar-refractivity contribution is 7.98. The molecule has 2 aromatic rings. The van der Waals surface area contributed by atoms with Gasteiger partial charge in [0.1, 0.15) is 0 Å². The molecular weight excluding hydrogens is 390 g/mol. The number of nitrogens with one attached hydrogen (secondary N) is 2. The number of carbonyl (C=O) groups excluding carboxylic acids is 1. The molecule has 0 saturated carbocycles. The maximum Gasteiger partial charge on any atom is 0.283 e.